The fourth-order valence-electron chi connectivity index (χ4n) is 0.627. The van der Waals surface area contributed by atoms with Crippen LogP contribution in [0.25, 0.3) is 0 Å². The molecule has 0 aliphatic heterocycles. The Morgan fingerprint density at radius 3 is 1.19 bits per heavy atom. The van der Waals surface area contributed by atoms with Gasteiger partial charge in [-0.2, -0.15) is 0 Å². The van der Waals surface area contributed by atoms with Gasteiger partial charge in [-0.1, -0.05) is 0 Å². The fraction of sp³-hybridized carbons (Fsp3) is 0. The Balaban J connectivity index is -0.0000000656. The van der Waals surface area contributed by atoms with Crippen LogP contribution < -0.4 is 10.2 Å². The maximum absolute atomic E-state index is 9.90. The molecule has 21 heavy (non-hydrogen) atoms. The largest absolute Gasteiger partial charge is 2.00 e. The Kier molecular flexibility index (Phi) is 25.1. The number of carbonyl (C=O) groups excluding carboxylic acids is 2. The minimum Gasteiger partial charge on any atom is -0.543 e. The molecule has 0 aliphatic carbocycles. The standard InChI is InChI=1S/2C4H3NO2S.Cu.4H2O/c2*6-4(7)3-1-8-2-5-3;;;;;/h2*1-2H,(H,6,7);;4*1H2/q;;+2;;;;/p-2. The van der Waals surface area contributed by atoms with Crippen molar-refractivity contribution in [3.63, 3.8) is 0 Å². The molecule has 0 unspecified atom stereocenters. The summed E-state index contributed by atoms with van der Waals surface area (Å²) < 4.78 is 0. The molecule has 0 aliphatic rings. The number of rotatable bonds is 2. The predicted octanol–water partition coefficient (Wildman–Crippen LogP) is -4.29. The molecule has 0 saturated heterocycles. The Morgan fingerprint density at radius 2 is 1.10 bits per heavy atom. The number of carboxylic acid groups (broad SMARTS) is 2. The van der Waals surface area contributed by atoms with E-state index in [-0.39, 0.29) is 50.4 Å². The maximum atomic E-state index is 9.90. The Labute approximate surface area is 136 Å². The van der Waals surface area contributed by atoms with Crippen LogP contribution in [0.3, 0.4) is 0 Å². The number of aromatic carboxylic acids is 2. The summed E-state index contributed by atoms with van der Waals surface area (Å²) in [5.74, 6) is -2.43. The molecule has 2 rings (SSSR count). The summed E-state index contributed by atoms with van der Waals surface area (Å²) in [7, 11) is 0. The summed E-state index contributed by atoms with van der Waals surface area (Å²) in [6, 6.07) is 0. The number of nitrogens with zero attached hydrogens (tertiary/aromatic N) is 2. The van der Waals surface area contributed by atoms with Gasteiger partial charge in [0.15, 0.2) is 0 Å². The molecule has 10 nitrogen and oxygen atoms in total. The third kappa shape index (κ3) is 12.0. The summed E-state index contributed by atoms with van der Waals surface area (Å²) in [5.41, 5.74) is 2.92. The van der Waals surface area contributed by atoms with Gasteiger partial charge in [-0.3, -0.25) is 0 Å². The third-order valence-corrected chi connectivity index (χ3v) is 2.46. The zero-order chi connectivity index (χ0) is 12.0. The van der Waals surface area contributed by atoms with Crippen molar-refractivity contribution in [2.45, 2.75) is 0 Å². The van der Waals surface area contributed by atoms with Gasteiger partial charge < -0.3 is 41.7 Å². The van der Waals surface area contributed by atoms with Crippen molar-refractivity contribution < 1.29 is 58.8 Å². The van der Waals surface area contributed by atoms with Crippen molar-refractivity contribution in [1.82, 2.24) is 9.97 Å². The summed E-state index contributed by atoms with van der Waals surface area (Å²) in [6.45, 7) is 0. The van der Waals surface area contributed by atoms with Gasteiger partial charge in [0, 0.05) is 10.8 Å². The van der Waals surface area contributed by atoms with Crippen molar-refractivity contribution in [1.29, 1.82) is 0 Å². The molecule has 0 fully saturated rings. The zero-order valence-corrected chi connectivity index (χ0v) is 12.5. The number of hydrogen-bond donors (Lipinski definition) is 0. The van der Waals surface area contributed by atoms with Crippen molar-refractivity contribution in [3.05, 3.63) is 33.2 Å². The van der Waals surface area contributed by atoms with E-state index in [1.165, 1.54) is 44.5 Å². The molecule has 8 N–H and O–H groups in total. The second-order valence-corrected chi connectivity index (χ2v) is 3.76. The van der Waals surface area contributed by atoms with Crippen LogP contribution in [0.5, 0.6) is 0 Å². The van der Waals surface area contributed by atoms with E-state index in [1.54, 1.807) is 0 Å². The summed E-state index contributed by atoms with van der Waals surface area (Å²) in [5, 5.41) is 22.6. The van der Waals surface area contributed by atoms with E-state index in [2.05, 4.69) is 9.97 Å². The van der Waals surface area contributed by atoms with E-state index >= 15 is 0 Å². The van der Waals surface area contributed by atoms with Crippen LogP contribution in [0.2, 0.25) is 0 Å². The zero-order valence-electron chi connectivity index (χ0n) is 9.95. The van der Waals surface area contributed by atoms with E-state index < -0.39 is 11.9 Å². The molecule has 0 spiro atoms. The Hall–Kier alpha value is -1.44. The molecule has 0 saturated carbocycles. The van der Waals surface area contributed by atoms with Crippen molar-refractivity contribution in [2.24, 2.45) is 0 Å². The van der Waals surface area contributed by atoms with Gasteiger partial charge >= 0.3 is 17.1 Å². The smallest absolute Gasteiger partial charge is 0.543 e. The first kappa shape index (κ1) is 31.8. The van der Waals surface area contributed by atoms with Crippen LogP contribution >= 0.6 is 22.7 Å². The predicted molar refractivity (Wildman–Crippen MR) is 67.3 cm³/mol. The van der Waals surface area contributed by atoms with Gasteiger partial charge in [0.2, 0.25) is 0 Å². The van der Waals surface area contributed by atoms with Crippen molar-refractivity contribution in [3.8, 4) is 0 Å². The van der Waals surface area contributed by atoms with E-state index in [0.717, 1.165) is 0 Å². The quantitative estimate of drug-likeness (QED) is 0.458. The molecule has 1 radical (unpaired) electrons. The fourth-order valence-corrected chi connectivity index (χ4v) is 1.67. The van der Waals surface area contributed by atoms with Crippen LogP contribution in [0, 0.1) is 0 Å². The molecule has 13 heteroatoms. The van der Waals surface area contributed by atoms with E-state index in [0.29, 0.717) is 0 Å². The Bertz CT molecular complexity index is 420. The van der Waals surface area contributed by atoms with Crippen LogP contribution in [0.1, 0.15) is 21.0 Å². The maximum Gasteiger partial charge on any atom is 2.00 e. The second-order valence-electron chi connectivity index (χ2n) is 2.32. The van der Waals surface area contributed by atoms with Crippen LogP contribution in [-0.2, 0) is 17.1 Å². The molecule has 0 atom stereocenters. The molecule has 0 amide bonds. The molecular weight excluding hydrogens is 380 g/mol. The molecule has 2 heterocycles. The van der Waals surface area contributed by atoms with Gasteiger partial charge in [-0.05, 0) is 0 Å². The second kappa shape index (κ2) is 16.6. The third-order valence-electron chi connectivity index (χ3n) is 1.28. The van der Waals surface area contributed by atoms with E-state index in [9.17, 15) is 19.8 Å². The number of aromatic nitrogens is 2. The van der Waals surface area contributed by atoms with Gasteiger partial charge in [-0.25, -0.2) is 9.97 Å². The first-order valence-electron chi connectivity index (χ1n) is 3.80. The normalized spacial score (nSPS) is 6.86. The molecule has 125 valence electrons. The summed E-state index contributed by atoms with van der Waals surface area (Å²) >= 11 is 2.47. The topological polar surface area (TPSA) is 232 Å². The SMILES string of the molecule is O.O.O.O.O=C([O-])c1cscn1.O=C([O-])c1cscn1.[Cu+2]. The first-order valence-corrected chi connectivity index (χ1v) is 5.69. The number of carboxylic acids is 2. The van der Waals surface area contributed by atoms with Crippen molar-refractivity contribution >= 4 is 34.6 Å². The molecule has 2 aromatic heterocycles. The molecular formula is C8H12CuN2O8S2. The van der Waals surface area contributed by atoms with Crippen LogP contribution in [0.15, 0.2) is 21.8 Å². The summed E-state index contributed by atoms with van der Waals surface area (Å²) in [4.78, 5) is 26.7. The van der Waals surface area contributed by atoms with Gasteiger partial charge in [-0.15, -0.1) is 22.7 Å². The molecule has 2 aromatic rings. The minimum absolute atomic E-state index is 0. The summed E-state index contributed by atoms with van der Waals surface area (Å²) in [6.07, 6.45) is 0. The molecule has 0 bridgehead atoms. The van der Waals surface area contributed by atoms with Gasteiger partial charge in [0.05, 0.1) is 34.3 Å². The average Bonchev–Trinajstić information content (AvgIpc) is 2.93. The van der Waals surface area contributed by atoms with E-state index in [1.807, 2.05) is 0 Å². The van der Waals surface area contributed by atoms with E-state index in [4.69, 9.17) is 0 Å². The average molecular weight is 392 g/mol. The van der Waals surface area contributed by atoms with Crippen LogP contribution in [-0.4, -0.2) is 43.8 Å². The monoisotopic (exact) mass is 391 g/mol. The van der Waals surface area contributed by atoms with Gasteiger partial charge in [0.25, 0.3) is 0 Å². The molecule has 0 aromatic carbocycles. The number of hydrogen-bond acceptors (Lipinski definition) is 8. The van der Waals surface area contributed by atoms with Crippen LogP contribution in [0.4, 0.5) is 0 Å². The van der Waals surface area contributed by atoms with Gasteiger partial charge in [0.1, 0.15) is 0 Å². The Morgan fingerprint density at radius 1 is 0.810 bits per heavy atom. The minimum atomic E-state index is -1.22. The van der Waals surface area contributed by atoms with Crippen molar-refractivity contribution in [2.75, 3.05) is 0 Å². The first-order chi connectivity index (χ1) is 7.61. The number of thiazole rings is 2. The number of carbonyl (C=O) groups is 2.